The van der Waals surface area contributed by atoms with Crippen molar-refractivity contribution in [1.82, 2.24) is 9.97 Å². The zero-order valence-corrected chi connectivity index (χ0v) is 13.1. The van der Waals surface area contributed by atoms with Crippen LogP contribution in [0.2, 0.25) is 0 Å². The number of nitrogens with zero attached hydrogens (tertiary/aromatic N) is 2. The first-order valence-electron chi connectivity index (χ1n) is 8.35. The molecule has 3 heteroatoms. The monoisotopic (exact) mass is 277 g/mol. The fourth-order valence-corrected chi connectivity index (χ4v) is 2.52. The van der Waals surface area contributed by atoms with Gasteiger partial charge in [-0.15, -0.1) is 0 Å². The van der Waals surface area contributed by atoms with Gasteiger partial charge in [0.1, 0.15) is 6.33 Å². The molecule has 0 bridgehead atoms. The summed E-state index contributed by atoms with van der Waals surface area (Å²) >= 11 is 0. The van der Waals surface area contributed by atoms with Gasteiger partial charge in [0.25, 0.3) is 0 Å². The molecule has 0 spiro atoms. The molecule has 1 aromatic rings. The second-order valence-corrected chi connectivity index (χ2v) is 5.75. The molecule has 0 aromatic carbocycles. The van der Waals surface area contributed by atoms with Crippen LogP contribution in [-0.4, -0.2) is 9.97 Å². The van der Waals surface area contributed by atoms with E-state index in [1.54, 1.807) is 6.33 Å². The van der Waals surface area contributed by atoms with Crippen molar-refractivity contribution in [3.05, 3.63) is 24.3 Å². The van der Waals surface area contributed by atoms with Crippen molar-refractivity contribution in [3.8, 4) is 0 Å². The minimum Gasteiger partial charge on any atom is -0.324 e. The molecule has 3 nitrogen and oxygen atoms in total. The predicted molar refractivity (Wildman–Crippen MR) is 85.4 cm³/mol. The average molecular weight is 277 g/mol. The van der Waals surface area contributed by atoms with Gasteiger partial charge in [-0.05, 0) is 6.42 Å². The van der Waals surface area contributed by atoms with Gasteiger partial charge in [-0.3, -0.25) is 0 Å². The van der Waals surface area contributed by atoms with E-state index in [1.807, 2.05) is 12.4 Å². The van der Waals surface area contributed by atoms with Gasteiger partial charge < -0.3 is 5.73 Å². The van der Waals surface area contributed by atoms with E-state index in [0.717, 1.165) is 12.0 Å². The number of unbranched alkanes of at least 4 members (excludes halogenated alkanes) is 9. The minimum atomic E-state index is 0.102. The fraction of sp³-hybridized carbons (Fsp3) is 0.765. The van der Waals surface area contributed by atoms with Crippen molar-refractivity contribution in [3.63, 3.8) is 0 Å². The lowest BCUT2D eigenvalue weighted by atomic mass is 10.0. The molecule has 114 valence electrons. The Kier molecular flexibility index (Phi) is 10.1. The van der Waals surface area contributed by atoms with Gasteiger partial charge in [-0.25, -0.2) is 9.97 Å². The van der Waals surface area contributed by atoms with Crippen LogP contribution >= 0.6 is 0 Å². The lowest BCUT2D eigenvalue weighted by molar-refractivity contribution is 0.528. The number of aromatic nitrogens is 2. The highest BCUT2D eigenvalue weighted by molar-refractivity contribution is 5.07. The standard InChI is InChI=1S/C17H31N3/c1-2-3-4-5-6-7-8-9-10-11-12-17(18)16-13-19-15-20-14-16/h13-15,17H,2-12,18H2,1H3. The molecule has 1 unspecified atom stereocenters. The predicted octanol–water partition coefficient (Wildman–Crippen LogP) is 4.79. The van der Waals surface area contributed by atoms with Crippen molar-refractivity contribution in [2.45, 2.75) is 83.6 Å². The van der Waals surface area contributed by atoms with Gasteiger partial charge in [0, 0.05) is 24.0 Å². The Bertz CT molecular complexity index is 313. The molecule has 1 rings (SSSR count). The van der Waals surface area contributed by atoms with Gasteiger partial charge >= 0.3 is 0 Å². The molecule has 0 saturated heterocycles. The van der Waals surface area contributed by atoms with Crippen molar-refractivity contribution in [1.29, 1.82) is 0 Å². The lowest BCUT2D eigenvalue weighted by Gasteiger charge is -2.10. The van der Waals surface area contributed by atoms with Crippen LogP contribution in [0.15, 0.2) is 18.7 Å². The van der Waals surface area contributed by atoms with Gasteiger partial charge in [0.05, 0.1) is 0 Å². The Morgan fingerprint density at radius 1 is 0.850 bits per heavy atom. The van der Waals surface area contributed by atoms with E-state index < -0.39 is 0 Å². The quantitative estimate of drug-likeness (QED) is 0.559. The van der Waals surface area contributed by atoms with E-state index in [-0.39, 0.29) is 6.04 Å². The maximum Gasteiger partial charge on any atom is 0.115 e. The average Bonchev–Trinajstić information content (AvgIpc) is 2.50. The third-order valence-electron chi connectivity index (χ3n) is 3.88. The van der Waals surface area contributed by atoms with Crippen molar-refractivity contribution in [2.75, 3.05) is 0 Å². The fourth-order valence-electron chi connectivity index (χ4n) is 2.52. The summed E-state index contributed by atoms with van der Waals surface area (Å²) in [6.07, 6.45) is 19.9. The van der Waals surface area contributed by atoms with E-state index in [2.05, 4.69) is 16.9 Å². The van der Waals surface area contributed by atoms with Crippen LogP contribution in [0, 0.1) is 0 Å². The summed E-state index contributed by atoms with van der Waals surface area (Å²) in [4.78, 5) is 8.03. The van der Waals surface area contributed by atoms with Crippen LogP contribution < -0.4 is 5.73 Å². The van der Waals surface area contributed by atoms with Crippen LogP contribution in [-0.2, 0) is 0 Å². The van der Waals surface area contributed by atoms with Crippen molar-refractivity contribution >= 4 is 0 Å². The Hall–Kier alpha value is -0.960. The molecule has 0 aliphatic heterocycles. The van der Waals surface area contributed by atoms with E-state index in [9.17, 15) is 0 Å². The van der Waals surface area contributed by atoms with E-state index in [4.69, 9.17) is 5.73 Å². The van der Waals surface area contributed by atoms with Gasteiger partial charge in [0.2, 0.25) is 0 Å². The molecule has 0 aliphatic carbocycles. The largest absolute Gasteiger partial charge is 0.324 e. The maximum atomic E-state index is 6.12. The Morgan fingerprint density at radius 3 is 1.90 bits per heavy atom. The van der Waals surface area contributed by atoms with Gasteiger partial charge in [-0.2, -0.15) is 0 Å². The minimum absolute atomic E-state index is 0.102. The number of hydrogen-bond acceptors (Lipinski definition) is 3. The van der Waals surface area contributed by atoms with E-state index in [1.165, 1.54) is 64.2 Å². The summed E-state index contributed by atoms with van der Waals surface area (Å²) in [6.45, 7) is 2.27. The smallest absolute Gasteiger partial charge is 0.115 e. The molecule has 0 saturated carbocycles. The van der Waals surface area contributed by atoms with Crippen molar-refractivity contribution in [2.24, 2.45) is 5.73 Å². The molecule has 1 heterocycles. The highest BCUT2D eigenvalue weighted by atomic mass is 14.8. The summed E-state index contributed by atoms with van der Waals surface area (Å²) in [5, 5.41) is 0. The molecular weight excluding hydrogens is 246 g/mol. The Labute approximate surface area is 124 Å². The second-order valence-electron chi connectivity index (χ2n) is 5.75. The van der Waals surface area contributed by atoms with Crippen LogP contribution in [0.1, 0.15) is 89.2 Å². The lowest BCUT2D eigenvalue weighted by Crippen LogP contribution is -2.10. The molecular formula is C17H31N3. The first kappa shape index (κ1) is 17.1. The first-order chi connectivity index (χ1) is 9.84. The van der Waals surface area contributed by atoms with E-state index >= 15 is 0 Å². The molecule has 1 aromatic heterocycles. The number of hydrogen-bond donors (Lipinski definition) is 1. The first-order valence-corrected chi connectivity index (χ1v) is 8.35. The molecule has 0 radical (unpaired) electrons. The van der Waals surface area contributed by atoms with Crippen molar-refractivity contribution < 1.29 is 0 Å². The summed E-state index contributed by atoms with van der Waals surface area (Å²) in [5.74, 6) is 0. The summed E-state index contributed by atoms with van der Waals surface area (Å²) in [5.41, 5.74) is 7.18. The molecule has 1 atom stereocenters. The van der Waals surface area contributed by atoms with Crippen LogP contribution in [0.4, 0.5) is 0 Å². The summed E-state index contributed by atoms with van der Waals surface area (Å²) < 4.78 is 0. The molecule has 20 heavy (non-hydrogen) atoms. The van der Waals surface area contributed by atoms with Gasteiger partial charge in [0.15, 0.2) is 0 Å². The second kappa shape index (κ2) is 11.8. The maximum absolute atomic E-state index is 6.12. The molecule has 0 aliphatic rings. The zero-order valence-electron chi connectivity index (χ0n) is 13.1. The van der Waals surface area contributed by atoms with E-state index in [0.29, 0.717) is 0 Å². The Balaban J connectivity index is 1.90. The number of rotatable bonds is 12. The SMILES string of the molecule is CCCCCCCCCCCCC(N)c1cncnc1. The molecule has 2 N–H and O–H groups in total. The molecule has 0 fully saturated rings. The van der Waals surface area contributed by atoms with Crippen LogP contribution in [0.3, 0.4) is 0 Å². The third-order valence-corrected chi connectivity index (χ3v) is 3.88. The highest BCUT2D eigenvalue weighted by Crippen LogP contribution is 2.17. The normalized spacial score (nSPS) is 12.5. The van der Waals surface area contributed by atoms with Gasteiger partial charge in [-0.1, -0.05) is 71.1 Å². The van der Waals surface area contributed by atoms with Crippen LogP contribution in [0.25, 0.3) is 0 Å². The highest BCUT2D eigenvalue weighted by Gasteiger charge is 2.05. The summed E-state index contributed by atoms with van der Waals surface area (Å²) in [7, 11) is 0. The Morgan fingerprint density at radius 2 is 1.35 bits per heavy atom. The molecule has 0 amide bonds. The third kappa shape index (κ3) is 8.26. The summed E-state index contributed by atoms with van der Waals surface area (Å²) in [6, 6.07) is 0.102. The number of nitrogens with two attached hydrogens (primary N) is 1. The zero-order chi connectivity index (χ0) is 14.5. The van der Waals surface area contributed by atoms with Crippen LogP contribution in [0.5, 0.6) is 0 Å². The topological polar surface area (TPSA) is 51.8 Å².